The van der Waals surface area contributed by atoms with Gasteiger partial charge in [-0.3, -0.25) is 0 Å². The molecule has 10 aromatic carbocycles. The third kappa shape index (κ3) is 4.50. The molecular weight excluding hydrogens is 681 g/mol. The molecule has 0 saturated heterocycles. The van der Waals surface area contributed by atoms with Crippen molar-refractivity contribution in [1.29, 1.82) is 0 Å². The Morgan fingerprint density at radius 1 is 0.268 bits per heavy atom. The Kier molecular flexibility index (Phi) is 6.66. The minimum atomic E-state index is 0.895. The van der Waals surface area contributed by atoms with Crippen molar-refractivity contribution in [2.24, 2.45) is 0 Å². The molecule has 0 aliphatic carbocycles. The molecule has 0 spiro atoms. The first-order valence-corrected chi connectivity index (χ1v) is 19.2. The highest BCUT2D eigenvalue weighted by atomic mass is 16.3. The molecule has 0 aliphatic rings. The SMILES string of the molecule is c1ccc(-c2cccc3cccc(-c4c5cccc(-c6cccc7c6oc6ccccc67)c5cc5c(-c6cccc7c6oc6ccccc67)cccc45)c23)cc1. The van der Waals surface area contributed by atoms with Gasteiger partial charge >= 0.3 is 0 Å². The van der Waals surface area contributed by atoms with Crippen LogP contribution in [0.3, 0.4) is 0 Å². The summed E-state index contributed by atoms with van der Waals surface area (Å²) in [5.74, 6) is 0. The molecule has 0 aliphatic heterocycles. The predicted octanol–water partition coefficient (Wildman–Crippen LogP) is 15.6. The van der Waals surface area contributed by atoms with Gasteiger partial charge in [0.25, 0.3) is 0 Å². The lowest BCUT2D eigenvalue weighted by atomic mass is 9.83. The Morgan fingerprint density at radius 3 is 1.27 bits per heavy atom. The van der Waals surface area contributed by atoms with E-state index in [0.717, 1.165) is 66.1 Å². The van der Waals surface area contributed by atoms with Gasteiger partial charge in [-0.1, -0.05) is 176 Å². The number of hydrogen-bond donors (Lipinski definition) is 0. The van der Waals surface area contributed by atoms with E-state index in [0.29, 0.717) is 0 Å². The zero-order chi connectivity index (χ0) is 36.7. The first kappa shape index (κ1) is 31.0. The van der Waals surface area contributed by atoms with Crippen molar-refractivity contribution in [3.8, 4) is 44.5 Å². The van der Waals surface area contributed by atoms with Crippen LogP contribution >= 0.6 is 0 Å². The van der Waals surface area contributed by atoms with Crippen LogP contribution in [0.4, 0.5) is 0 Å². The normalized spacial score (nSPS) is 11.9. The Hall–Kier alpha value is -7.42. The van der Waals surface area contributed by atoms with Crippen molar-refractivity contribution in [1.82, 2.24) is 0 Å². The Balaban J connectivity index is 1.25. The third-order valence-corrected chi connectivity index (χ3v) is 11.7. The van der Waals surface area contributed by atoms with E-state index in [1.165, 1.54) is 54.6 Å². The molecule has 0 amide bonds. The number of para-hydroxylation sites is 4. The molecule has 2 heterocycles. The first-order valence-electron chi connectivity index (χ1n) is 19.2. The van der Waals surface area contributed by atoms with Crippen LogP contribution in [0.15, 0.2) is 203 Å². The summed E-state index contributed by atoms with van der Waals surface area (Å²) in [4.78, 5) is 0. The van der Waals surface area contributed by atoms with Crippen molar-refractivity contribution in [3.05, 3.63) is 194 Å². The number of furan rings is 2. The smallest absolute Gasteiger partial charge is 0.143 e. The quantitative estimate of drug-likeness (QED) is 0.170. The van der Waals surface area contributed by atoms with Crippen molar-refractivity contribution >= 4 is 76.2 Å². The van der Waals surface area contributed by atoms with Crippen LogP contribution < -0.4 is 0 Å². The Bertz CT molecular complexity index is 3350. The molecule has 12 aromatic rings. The molecule has 0 radical (unpaired) electrons. The van der Waals surface area contributed by atoms with Gasteiger partial charge in [-0.25, -0.2) is 0 Å². The van der Waals surface area contributed by atoms with E-state index in [1.807, 2.05) is 12.1 Å². The van der Waals surface area contributed by atoms with E-state index in [9.17, 15) is 0 Å². The molecule has 2 heteroatoms. The zero-order valence-electron chi connectivity index (χ0n) is 30.3. The van der Waals surface area contributed by atoms with Gasteiger partial charge in [0.2, 0.25) is 0 Å². The molecule has 0 saturated carbocycles. The van der Waals surface area contributed by atoms with Gasteiger partial charge in [-0.15, -0.1) is 0 Å². The van der Waals surface area contributed by atoms with Crippen LogP contribution in [-0.4, -0.2) is 0 Å². The van der Waals surface area contributed by atoms with Gasteiger partial charge in [0.15, 0.2) is 0 Å². The monoisotopic (exact) mass is 712 g/mol. The van der Waals surface area contributed by atoms with Gasteiger partial charge in [0.05, 0.1) is 0 Å². The van der Waals surface area contributed by atoms with Crippen LogP contribution in [0.1, 0.15) is 0 Å². The summed E-state index contributed by atoms with van der Waals surface area (Å²) < 4.78 is 13.3. The predicted molar refractivity (Wildman–Crippen MR) is 235 cm³/mol. The molecule has 0 N–H and O–H groups in total. The maximum atomic E-state index is 6.67. The Morgan fingerprint density at radius 2 is 0.696 bits per heavy atom. The van der Waals surface area contributed by atoms with Crippen LogP contribution in [0, 0.1) is 0 Å². The molecule has 0 unspecified atom stereocenters. The molecule has 2 nitrogen and oxygen atoms in total. The lowest BCUT2D eigenvalue weighted by Gasteiger charge is -2.20. The van der Waals surface area contributed by atoms with Gasteiger partial charge in [-0.2, -0.15) is 0 Å². The van der Waals surface area contributed by atoms with Crippen LogP contribution in [0.5, 0.6) is 0 Å². The third-order valence-electron chi connectivity index (χ3n) is 11.7. The summed E-state index contributed by atoms with van der Waals surface area (Å²) in [6.45, 7) is 0. The highest BCUT2D eigenvalue weighted by Crippen LogP contribution is 2.48. The van der Waals surface area contributed by atoms with Crippen LogP contribution in [0.2, 0.25) is 0 Å². The van der Waals surface area contributed by atoms with Gasteiger partial charge in [0, 0.05) is 32.7 Å². The van der Waals surface area contributed by atoms with Crippen LogP contribution in [0.25, 0.3) is 121 Å². The average molecular weight is 713 g/mol. The second kappa shape index (κ2) is 12.0. The highest BCUT2D eigenvalue weighted by Gasteiger charge is 2.22. The fourth-order valence-electron chi connectivity index (χ4n) is 9.25. The van der Waals surface area contributed by atoms with Crippen molar-refractivity contribution in [2.75, 3.05) is 0 Å². The van der Waals surface area contributed by atoms with E-state index >= 15 is 0 Å². The van der Waals surface area contributed by atoms with E-state index in [-0.39, 0.29) is 0 Å². The minimum Gasteiger partial charge on any atom is -0.455 e. The fourth-order valence-corrected chi connectivity index (χ4v) is 9.25. The molecular formula is C54H32O2. The molecule has 12 rings (SSSR count). The molecule has 0 bridgehead atoms. The summed E-state index contributed by atoms with van der Waals surface area (Å²) in [5, 5.41) is 11.7. The largest absolute Gasteiger partial charge is 0.455 e. The van der Waals surface area contributed by atoms with E-state index in [4.69, 9.17) is 8.83 Å². The number of hydrogen-bond acceptors (Lipinski definition) is 2. The lowest BCUT2D eigenvalue weighted by Crippen LogP contribution is -1.93. The maximum Gasteiger partial charge on any atom is 0.143 e. The molecule has 56 heavy (non-hydrogen) atoms. The van der Waals surface area contributed by atoms with Gasteiger partial charge in [-0.05, 0) is 83.9 Å². The summed E-state index contributed by atoms with van der Waals surface area (Å²) in [7, 11) is 0. The van der Waals surface area contributed by atoms with Gasteiger partial charge in [0.1, 0.15) is 22.3 Å². The maximum absolute atomic E-state index is 6.67. The molecule has 260 valence electrons. The van der Waals surface area contributed by atoms with Crippen molar-refractivity contribution in [2.45, 2.75) is 0 Å². The average Bonchev–Trinajstić information content (AvgIpc) is 3.84. The molecule has 2 aromatic heterocycles. The summed E-state index contributed by atoms with van der Waals surface area (Å²) in [6.07, 6.45) is 0. The summed E-state index contributed by atoms with van der Waals surface area (Å²) >= 11 is 0. The number of rotatable bonds is 4. The van der Waals surface area contributed by atoms with Crippen molar-refractivity contribution < 1.29 is 8.83 Å². The number of benzene rings is 10. The molecule has 0 atom stereocenters. The lowest BCUT2D eigenvalue weighted by molar-refractivity contribution is 0.669. The first-order chi connectivity index (χ1) is 27.8. The van der Waals surface area contributed by atoms with E-state index in [1.54, 1.807) is 0 Å². The van der Waals surface area contributed by atoms with E-state index < -0.39 is 0 Å². The zero-order valence-corrected chi connectivity index (χ0v) is 30.3. The second-order valence-corrected chi connectivity index (χ2v) is 14.7. The summed E-state index contributed by atoms with van der Waals surface area (Å²) in [6, 6.07) is 69.8. The van der Waals surface area contributed by atoms with Crippen LogP contribution in [-0.2, 0) is 0 Å². The molecule has 0 fully saturated rings. The standard InChI is InChI=1S/C54H32O2/c1-2-14-33(15-3-1)35-20-8-16-34-17-9-29-46(51(34)35)52-40-23-10-21-36(42-25-12-27-44-38-18-4-6-30-49(38)55-53(42)44)47(40)32-48-37(22-11-24-41(48)52)43-26-13-28-45-39-19-5-7-31-50(39)56-54(43)45/h1-32H. The van der Waals surface area contributed by atoms with Crippen molar-refractivity contribution in [3.63, 3.8) is 0 Å². The number of fused-ring (bicyclic) bond motifs is 9. The fraction of sp³-hybridized carbons (Fsp3) is 0. The minimum absolute atomic E-state index is 0.895. The van der Waals surface area contributed by atoms with Gasteiger partial charge < -0.3 is 8.83 Å². The Labute approximate surface area is 322 Å². The second-order valence-electron chi connectivity index (χ2n) is 14.7. The summed E-state index contributed by atoms with van der Waals surface area (Å²) in [5.41, 5.74) is 12.9. The van der Waals surface area contributed by atoms with E-state index in [2.05, 4.69) is 182 Å². The highest BCUT2D eigenvalue weighted by molar-refractivity contribution is 6.24. The topological polar surface area (TPSA) is 26.3 Å².